The van der Waals surface area contributed by atoms with Crippen molar-refractivity contribution in [2.24, 2.45) is 0 Å². The standard InChI is InChI=1S/C8H13NO2/c1-9-5-2-4(10)3-6(9)8-7(5)11-8/h4-8,10H,2-3H2,1H3/t4?,5-,6+,7-,8+/i1D3. The van der Waals surface area contributed by atoms with Crippen LogP contribution in [-0.2, 0) is 4.74 Å². The van der Waals surface area contributed by atoms with Gasteiger partial charge in [0.15, 0.2) is 0 Å². The molecule has 3 heterocycles. The van der Waals surface area contributed by atoms with E-state index < -0.39 is 6.98 Å². The van der Waals surface area contributed by atoms with Crippen LogP contribution in [0.15, 0.2) is 0 Å². The fourth-order valence-electron chi connectivity index (χ4n) is 2.47. The summed E-state index contributed by atoms with van der Waals surface area (Å²) in [6.45, 7) is -2.04. The van der Waals surface area contributed by atoms with E-state index in [0.29, 0.717) is 12.8 Å². The van der Waals surface area contributed by atoms with Gasteiger partial charge in [0.25, 0.3) is 0 Å². The second-order valence-electron chi connectivity index (χ2n) is 3.73. The maximum Gasteiger partial charge on any atom is 0.101 e. The third-order valence-corrected chi connectivity index (χ3v) is 3.06. The molecule has 3 heteroatoms. The summed E-state index contributed by atoms with van der Waals surface area (Å²) in [4.78, 5) is 1.57. The van der Waals surface area contributed by atoms with Crippen LogP contribution in [0.25, 0.3) is 0 Å². The molecule has 3 aliphatic rings. The average molecular weight is 158 g/mol. The minimum Gasteiger partial charge on any atom is -0.393 e. The number of aliphatic hydroxyl groups excluding tert-OH is 1. The Bertz CT molecular complexity index is 252. The highest BCUT2D eigenvalue weighted by Gasteiger charge is 2.62. The lowest BCUT2D eigenvalue weighted by molar-refractivity contribution is 0.00149. The molecule has 0 aromatic rings. The number of hydrogen-bond donors (Lipinski definition) is 1. The first-order chi connectivity index (χ1) is 6.48. The molecule has 3 nitrogen and oxygen atoms in total. The van der Waals surface area contributed by atoms with Crippen molar-refractivity contribution in [2.75, 3.05) is 6.98 Å². The smallest absolute Gasteiger partial charge is 0.101 e. The van der Waals surface area contributed by atoms with Crippen molar-refractivity contribution in [3.8, 4) is 0 Å². The fourth-order valence-corrected chi connectivity index (χ4v) is 2.47. The van der Waals surface area contributed by atoms with E-state index in [4.69, 9.17) is 8.85 Å². The summed E-state index contributed by atoms with van der Waals surface area (Å²) in [6.07, 6.45) is 0.863. The summed E-state index contributed by atoms with van der Waals surface area (Å²) in [5.41, 5.74) is 0. The van der Waals surface area contributed by atoms with Crippen LogP contribution in [0.2, 0.25) is 0 Å². The van der Waals surface area contributed by atoms with Gasteiger partial charge in [0.1, 0.15) is 12.2 Å². The summed E-state index contributed by atoms with van der Waals surface area (Å²) in [5, 5.41) is 9.55. The highest BCUT2D eigenvalue weighted by molar-refractivity contribution is 5.13. The molecule has 3 rings (SSSR count). The van der Waals surface area contributed by atoms with Gasteiger partial charge in [-0.15, -0.1) is 0 Å². The van der Waals surface area contributed by atoms with E-state index in [0.717, 1.165) is 0 Å². The van der Waals surface area contributed by atoms with E-state index in [1.807, 2.05) is 0 Å². The van der Waals surface area contributed by atoms with Gasteiger partial charge in [-0.25, -0.2) is 0 Å². The summed E-state index contributed by atoms with van der Waals surface area (Å²) in [7, 11) is 0. The Hall–Kier alpha value is -0.120. The van der Waals surface area contributed by atoms with Gasteiger partial charge in [-0.1, -0.05) is 0 Å². The van der Waals surface area contributed by atoms with Crippen molar-refractivity contribution >= 4 is 0 Å². The molecule has 1 unspecified atom stereocenters. The Morgan fingerprint density at radius 2 is 2.09 bits per heavy atom. The average Bonchev–Trinajstić information content (AvgIpc) is 2.74. The predicted octanol–water partition coefficient (Wildman–Crippen LogP) is -0.409. The van der Waals surface area contributed by atoms with Gasteiger partial charge in [0, 0.05) is 16.2 Å². The number of nitrogens with zero attached hydrogens (tertiary/aromatic N) is 1. The zero-order valence-electron chi connectivity index (χ0n) is 9.10. The van der Waals surface area contributed by atoms with Gasteiger partial charge in [-0.05, 0) is 19.8 Å². The van der Waals surface area contributed by atoms with E-state index in [-0.39, 0.29) is 30.4 Å². The Labute approximate surface area is 70.2 Å². The van der Waals surface area contributed by atoms with Gasteiger partial charge >= 0.3 is 0 Å². The van der Waals surface area contributed by atoms with Crippen molar-refractivity contribution in [2.45, 2.75) is 43.2 Å². The van der Waals surface area contributed by atoms with Crippen molar-refractivity contribution in [1.29, 1.82) is 0 Å². The monoisotopic (exact) mass is 158 g/mol. The zero-order chi connectivity index (χ0) is 10.1. The van der Waals surface area contributed by atoms with Gasteiger partial charge < -0.3 is 9.84 Å². The number of hydrogen-bond acceptors (Lipinski definition) is 3. The van der Waals surface area contributed by atoms with E-state index in [2.05, 4.69) is 0 Å². The summed E-state index contributed by atoms with van der Waals surface area (Å²) in [5.74, 6) is 0. The van der Waals surface area contributed by atoms with E-state index in [1.165, 1.54) is 0 Å². The van der Waals surface area contributed by atoms with Crippen LogP contribution >= 0.6 is 0 Å². The topological polar surface area (TPSA) is 36.0 Å². The number of aliphatic hydroxyl groups is 1. The second-order valence-corrected chi connectivity index (χ2v) is 3.73. The first kappa shape index (κ1) is 4.21. The molecule has 0 amide bonds. The number of fused-ring (bicyclic) bond motifs is 5. The lowest BCUT2D eigenvalue weighted by atomic mass is 10.00. The third-order valence-electron chi connectivity index (χ3n) is 3.06. The number of ether oxygens (including phenoxy) is 1. The quantitative estimate of drug-likeness (QED) is 0.487. The molecule has 0 aromatic heterocycles. The van der Waals surface area contributed by atoms with Gasteiger partial charge in [-0.2, -0.15) is 0 Å². The van der Waals surface area contributed by atoms with Crippen LogP contribution in [0.3, 0.4) is 0 Å². The van der Waals surface area contributed by atoms with Gasteiger partial charge in [-0.3, -0.25) is 4.90 Å². The molecule has 5 atom stereocenters. The Balaban J connectivity index is 1.89. The maximum atomic E-state index is 9.55. The number of rotatable bonds is 0. The molecule has 1 N–H and O–H groups in total. The molecule has 62 valence electrons. The van der Waals surface area contributed by atoms with Crippen LogP contribution in [0.4, 0.5) is 0 Å². The lowest BCUT2D eigenvalue weighted by Gasteiger charge is -2.36. The van der Waals surface area contributed by atoms with Crippen molar-refractivity contribution in [1.82, 2.24) is 4.90 Å². The lowest BCUT2D eigenvalue weighted by Crippen LogP contribution is -2.46. The fraction of sp³-hybridized carbons (Fsp3) is 1.00. The van der Waals surface area contributed by atoms with E-state index >= 15 is 0 Å². The molecule has 0 aliphatic carbocycles. The maximum absolute atomic E-state index is 9.55. The van der Waals surface area contributed by atoms with Crippen molar-refractivity contribution in [3.05, 3.63) is 0 Å². The molecule has 3 saturated heterocycles. The van der Waals surface area contributed by atoms with Gasteiger partial charge in [0.2, 0.25) is 0 Å². The highest BCUT2D eigenvalue weighted by atomic mass is 16.6. The van der Waals surface area contributed by atoms with Crippen LogP contribution in [0.5, 0.6) is 0 Å². The van der Waals surface area contributed by atoms with Crippen LogP contribution < -0.4 is 0 Å². The Morgan fingerprint density at radius 1 is 1.45 bits per heavy atom. The molecular formula is C8H13NO2. The third kappa shape index (κ3) is 0.687. The minimum absolute atomic E-state index is 0.0672. The number of piperidine rings is 1. The van der Waals surface area contributed by atoms with Crippen LogP contribution in [0, 0.1) is 0 Å². The largest absolute Gasteiger partial charge is 0.393 e. The Kier molecular flexibility index (Phi) is 0.684. The van der Waals surface area contributed by atoms with Crippen molar-refractivity contribution < 1.29 is 14.0 Å². The summed E-state index contributed by atoms with van der Waals surface area (Å²) in [6, 6.07) is -0.192. The van der Waals surface area contributed by atoms with Crippen molar-refractivity contribution in [3.63, 3.8) is 0 Å². The molecule has 0 spiro atoms. The number of morpholine rings is 1. The van der Waals surface area contributed by atoms with Gasteiger partial charge in [0.05, 0.1) is 6.10 Å². The minimum atomic E-state index is -2.04. The van der Waals surface area contributed by atoms with E-state index in [9.17, 15) is 5.11 Å². The predicted molar refractivity (Wildman–Crippen MR) is 39.2 cm³/mol. The molecule has 2 bridgehead atoms. The zero-order valence-corrected chi connectivity index (χ0v) is 6.10. The molecule has 3 aliphatic heterocycles. The molecule has 0 aromatic carbocycles. The molecule has 3 fully saturated rings. The van der Waals surface area contributed by atoms with Crippen LogP contribution in [0.1, 0.15) is 17.0 Å². The first-order valence-electron chi connectivity index (χ1n) is 5.60. The second kappa shape index (κ2) is 1.79. The highest BCUT2D eigenvalue weighted by Crippen LogP contribution is 2.47. The molecule has 11 heavy (non-hydrogen) atoms. The normalized spacial score (nSPS) is 66.3. The number of likely N-dealkylation sites (N-methyl/N-ethyl adjacent to an activating group) is 1. The number of epoxide rings is 1. The SMILES string of the molecule is [2H]C([2H])([2H])N1[C@@H]2CC(O)C[C@H]1[C@@H]1O[C@@H]12. The molecule has 0 saturated carbocycles. The summed E-state index contributed by atoms with van der Waals surface area (Å²) < 4.78 is 27.7. The Morgan fingerprint density at radius 3 is 2.64 bits per heavy atom. The van der Waals surface area contributed by atoms with E-state index in [1.54, 1.807) is 4.90 Å². The molecule has 0 radical (unpaired) electrons. The van der Waals surface area contributed by atoms with Crippen LogP contribution in [-0.4, -0.2) is 47.4 Å². The molecular weight excluding hydrogens is 142 g/mol. The summed E-state index contributed by atoms with van der Waals surface area (Å²) >= 11 is 0. The first-order valence-corrected chi connectivity index (χ1v) is 4.10.